The van der Waals surface area contributed by atoms with Crippen LogP contribution < -0.4 is 15.4 Å². The number of nitrogens with one attached hydrogen (secondary N) is 2. The van der Waals surface area contributed by atoms with E-state index in [1.54, 1.807) is 19.2 Å². The van der Waals surface area contributed by atoms with E-state index in [-0.39, 0.29) is 24.7 Å². The van der Waals surface area contributed by atoms with Crippen LogP contribution in [0.3, 0.4) is 0 Å². The number of rotatable bonds is 7. The van der Waals surface area contributed by atoms with Crippen molar-refractivity contribution in [3.63, 3.8) is 0 Å². The van der Waals surface area contributed by atoms with Crippen molar-refractivity contribution in [3.05, 3.63) is 24.3 Å². The molecule has 0 bridgehead atoms. The number of methoxy groups -OCH3 is 1. The molecule has 1 aliphatic rings. The lowest BCUT2D eigenvalue weighted by Crippen LogP contribution is -2.39. The van der Waals surface area contributed by atoms with E-state index in [0.717, 1.165) is 13.0 Å². The van der Waals surface area contributed by atoms with E-state index in [4.69, 9.17) is 9.47 Å². The molecule has 128 valence electrons. The molecule has 23 heavy (non-hydrogen) atoms. The second kappa shape index (κ2) is 8.71. The fourth-order valence-electron chi connectivity index (χ4n) is 2.66. The molecule has 1 fully saturated rings. The van der Waals surface area contributed by atoms with E-state index in [1.165, 1.54) is 0 Å². The fourth-order valence-corrected chi connectivity index (χ4v) is 2.66. The van der Waals surface area contributed by atoms with Crippen LogP contribution in [0.5, 0.6) is 5.75 Å². The van der Waals surface area contributed by atoms with Gasteiger partial charge in [0.25, 0.3) is 0 Å². The molecule has 0 saturated carbocycles. The van der Waals surface area contributed by atoms with Crippen molar-refractivity contribution >= 4 is 11.7 Å². The molecule has 0 aliphatic carbocycles. The monoisotopic (exact) mass is 323 g/mol. The van der Waals surface area contributed by atoms with Crippen molar-refractivity contribution in [2.24, 2.45) is 0 Å². The zero-order valence-electron chi connectivity index (χ0n) is 13.6. The second-order valence-corrected chi connectivity index (χ2v) is 5.68. The lowest BCUT2D eigenvalue weighted by atomic mass is 10.2. The molecule has 2 amide bonds. The highest BCUT2D eigenvalue weighted by Crippen LogP contribution is 2.18. The summed E-state index contributed by atoms with van der Waals surface area (Å²) in [6, 6.07) is 7.12. The first-order chi connectivity index (χ1) is 11.1. The van der Waals surface area contributed by atoms with E-state index < -0.39 is 0 Å². The summed E-state index contributed by atoms with van der Waals surface area (Å²) in [5.41, 5.74) is 0.669. The van der Waals surface area contributed by atoms with Crippen LogP contribution in [0, 0.1) is 0 Å². The highest BCUT2D eigenvalue weighted by atomic mass is 16.5. The van der Waals surface area contributed by atoms with Crippen LogP contribution >= 0.6 is 0 Å². The van der Waals surface area contributed by atoms with Crippen molar-refractivity contribution in [2.75, 3.05) is 45.8 Å². The topological polar surface area (TPSA) is 83.1 Å². The van der Waals surface area contributed by atoms with Crippen LogP contribution in [0.15, 0.2) is 24.3 Å². The van der Waals surface area contributed by atoms with Crippen molar-refractivity contribution < 1.29 is 19.4 Å². The average Bonchev–Trinajstić information content (AvgIpc) is 2.87. The maximum Gasteiger partial charge on any atom is 0.319 e. The zero-order valence-corrected chi connectivity index (χ0v) is 13.6. The summed E-state index contributed by atoms with van der Waals surface area (Å²) in [6.07, 6.45) is 0.751. The van der Waals surface area contributed by atoms with Gasteiger partial charge in [-0.25, -0.2) is 4.79 Å². The number of likely N-dealkylation sites (tertiary alicyclic amines) is 1. The van der Waals surface area contributed by atoms with Gasteiger partial charge in [-0.05, 0) is 25.6 Å². The highest BCUT2D eigenvalue weighted by molar-refractivity contribution is 5.89. The number of carbonyl (C=O) groups excluding carboxylic acids is 1. The van der Waals surface area contributed by atoms with Crippen LogP contribution in [0.1, 0.15) is 6.42 Å². The molecule has 2 unspecified atom stereocenters. The molecule has 7 nitrogen and oxygen atoms in total. The molecule has 0 aromatic heterocycles. The van der Waals surface area contributed by atoms with Gasteiger partial charge in [0.1, 0.15) is 12.4 Å². The molecular formula is C16H25N3O4. The van der Waals surface area contributed by atoms with Crippen molar-refractivity contribution in [3.8, 4) is 5.75 Å². The molecule has 1 aromatic carbocycles. The number of aliphatic hydroxyl groups excluding tert-OH is 1. The van der Waals surface area contributed by atoms with E-state index in [0.29, 0.717) is 24.7 Å². The third-order valence-corrected chi connectivity index (χ3v) is 3.88. The molecular weight excluding hydrogens is 298 g/mol. The third kappa shape index (κ3) is 5.38. The Kier molecular flexibility index (Phi) is 6.64. The lowest BCUT2D eigenvalue weighted by molar-refractivity contribution is 0.146. The number of hydrogen-bond donors (Lipinski definition) is 3. The van der Waals surface area contributed by atoms with Crippen LogP contribution in [0.4, 0.5) is 10.5 Å². The van der Waals surface area contributed by atoms with Gasteiger partial charge in [0.2, 0.25) is 0 Å². The number of nitrogens with zero attached hydrogens (tertiary/aromatic N) is 1. The molecule has 3 N–H and O–H groups in total. The van der Waals surface area contributed by atoms with Gasteiger partial charge in [-0.1, -0.05) is 6.07 Å². The van der Waals surface area contributed by atoms with Crippen LogP contribution in [0.2, 0.25) is 0 Å². The molecule has 1 heterocycles. The van der Waals surface area contributed by atoms with Gasteiger partial charge in [0.05, 0.1) is 13.2 Å². The van der Waals surface area contributed by atoms with Crippen molar-refractivity contribution in [1.82, 2.24) is 10.2 Å². The number of likely N-dealkylation sites (N-methyl/N-ethyl adjacent to an activating group) is 1. The normalized spacial score (nSPS) is 21.2. The zero-order chi connectivity index (χ0) is 16.7. The first kappa shape index (κ1) is 17.5. The van der Waals surface area contributed by atoms with Gasteiger partial charge >= 0.3 is 6.03 Å². The third-order valence-electron chi connectivity index (χ3n) is 3.88. The first-order valence-electron chi connectivity index (χ1n) is 7.72. The largest absolute Gasteiger partial charge is 0.491 e. The maximum atomic E-state index is 12.1. The molecule has 0 radical (unpaired) electrons. The Labute approximate surface area is 136 Å². The summed E-state index contributed by atoms with van der Waals surface area (Å²) < 4.78 is 10.4. The van der Waals surface area contributed by atoms with Gasteiger partial charge < -0.3 is 25.2 Å². The molecule has 1 saturated heterocycles. The van der Waals surface area contributed by atoms with Gasteiger partial charge in [-0.15, -0.1) is 0 Å². The minimum Gasteiger partial charge on any atom is -0.491 e. The number of amides is 2. The Morgan fingerprint density at radius 3 is 2.96 bits per heavy atom. The standard InChI is InChI=1S/C16H25N3O4/c1-19-10-13(8-14(19)11-20)18-16(21)17-12-4-3-5-15(9-12)23-7-6-22-2/h3-5,9,13-14,20H,6-8,10-11H2,1-2H3,(H2,17,18,21). The van der Waals surface area contributed by atoms with E-state index in [2.05, 4.69) is 15.5 Å². The summed E-state index contributed by atoms with van der Waals surface area (Å²) >= 11 is 0. The molecule has 7 heteroatoms. The number of aliphatic hydroxyl groups is 1. The Morgan fingerprint density at radius 1 is 1.43 bits per heavy atom. The number of ether oxygens (including phenoxy) is 2. The Balaban J connectivity index is 1.82. The van der Waals surface area contributed by atoms with E-state index in [9.17, 15) is 9.90 Å². The summed E-state index contributed by atoms with van der Waals surface area (Å²) in [5, 5.41) is 15.0. The van der Waals surface area contributed by atoms with Crippen LogP contribution in [-0.4, -0.2) is 68.6 Å². The van der Waals surface area contributed by atoms with Crippen molar-refractivity contribution in [1.29, 1.82) is 0 Å². The minimum atomic E-state index is -0.254. The van der Waals surface area contributed by atoms with E-state index in [1.807, 2.05) is 19.2 Å². The van der Waals surface area contributed by atoms with Gasteiger partial charge in [0.15, 0.2) is 0 Å². The lowest BCUT2D eigenvalue weighted by Gasteiger charge is -2.15. The fraction of sp³-hybridized carbons (Fsp3) is 0.562. The molecule has 1 aliphatic heterocycles. The number of urea groups is 1. The highest BCUT2D eigenvalue weighted by Gasteiger charge is 2.29. The average molecular weight is 323 g/mol. The Hall–Kier alpha value is -1.83. The smallest absolute Gasteiger partial charge is 0.319 e. The number of anilines is 1. The summed E-state index contributed by atoms with van der Waals surface area (Å²) in [6.45, 7) is 1.82. The molecule has 2 rings (SSSR count). The second-order valence-electron chi connectivity index (χ2n) is 5.68. The maximum absolute atomic E-state index is 12.1. The summed E-state index contributed by atoms with van der Waals surface area (Å²) in [5.74, 6) is 0.681. The quantitative estimate of drug-likeness (QED) is 0.649. The SMILES string of the molecule is COCCOc1cccc(NC(=O)NC2CC(CO)N(C)C2)c1. The number of hydrogen-bond acceptors (Lipinski definition) is 5. The summed E-state index contributed by atoms with van der Waals surface area (Å²) in [7, 11) is 3.56. The number of carbonyl (C=O) groups is 1. The first-order valence-corrected chi connectivity index (χ1v) is 7.72. The number of benzene rings is 1. The van der Waals surface area contributed by atoms with Gasteiger partial charge in [0, 0.05) is 37.5 Å². The van der Waals surface area contributed by atoms with Crippen LogP contribution in [0.25, 0.3) is 0 Å². The Bertz CT molecular complexity index is 512. The molecule has 2 atom stereocenters. The van der Waals surface area contributed by atoms with Crippen molar-refractivity contribution in [2.45, 2.75) is 18.5 Å². The van der Waals surface area contributed by atoms with Gasteiger partial charge in [-0.3, -0.25) is 4.90 Å². The minimum absolute atomic E-state index is 0.0401. The predicted molar refractivity (Wildman–Crippen MR) is 87.9 cm³/mol. The molecule has 1 aromatic rings. The summed E-state index contributed by atoms with van der Waals surface area (Å²) in [4.78, 5) is 14.1. The predicted octanol–water partition coefficient (Wildman–Crippen LogP) is 0.898. The molecule has 0 spiro atoms. The van der Waals surface area contributed by atoms with Crippen LogP contribution in [-0.2, 0) is 4.74 Å². The van der Waals surface area contributed by atoms with E-state index >= 15 is 0 Å². The van der Waals surface area contributed by atoms with Gasteiger partial charge in [-0.2, -0.15) is 0 Å². The Morgan fingerprint density at radius 2 is 2.26 bits per heavy atom.